The first-order valence-corrected chi connectivity index (χ1v) is 13.7. The van der Waals surface area contributed by atoms with Gasteiger partial charge in [0.25, 0.3) is 5.91 Å². The Labute approximate surface area is 231 Å². The SMILES string of the molecule is Cc1ccc(CCC(=O)O)cc1CCc1cc(NC(=O)c2ccc(N3CCN(C)CC3)cc2)n(C(C)(C)C)n1. The van der Waals surface area contributed by atoms with Crippen LogP contribution in [0.25, 0.3) is 0 Å². The van der Waals surface area contributed by atoms with E-state index in [0.717, 1.165) is 56.0 Å². The van der Waals surface area contributed by atoms with Crippen molar-refractivity contribution in [2.24, 2.45) is 0 Å². The number of piperazine rings is 1. The molecule has 8 heteroatoms. The molecule has 0 atom stereocenters. The van der Waals surface area contributed by atoms with E-state index < -0.39 is 5.97 Å². The summed E-state index contributed by atoms with van der Waals surface area (Å²) >= 11 is 0. The molecule has 208 valence electrons. The summed E-state index contributed by atoms with van der Waals surface area (Å²) in [5.41, 5.74) is 5.76. The fraction of sp³-hybridized carbons (Fsp3) is 0.452. The lowest BCUT2D eigenvalue weighted by Crippen LogP contribution is -2.44. The number of aromatic nitrogens is 2. The summed E-state index contributed by atoms with van der Waals surface area (Å²) in [6.45, 7) is 12.3. The van der Waals surface area contributed by atoms with Gasteiger partial charge in [0.15, 0.2) is 0 Å². The number of amides is 1. The van der Waals surface area contributed by atoms with E-state index in [0.29, 0.717) is 17.8 Å². The number of aliphatic carboxylic acids is 1. The molecule has 2 N–H and O–H groups in total. The number of hydrogen-bond acceptors (Lipinski definition) is 5. The Morgan fingerprint density at radius 1 is 0.949 bits per heavy atom. The molecule has 0 aliphatic carbocycles. The summed E-state index contributed by atoms with van der Waals surface area (Å²) in [6.07, 6.45) is 2.15. The molecule has 39 heavy (non-hydrogen) atoms. The first-order chi connectivity index (χ1) is 18.5. The third-order valence-corrected chi connectivity index (χ3v) is 7.33. The van der Waals surface area contributed by atoms with Crippen LogP contribution in [0.3, 0.4) is 0 Å². The molecule has 0 saturated carbocycles. The van der Waals surface area contributed by atoms with Crippen molar-refractivity contribution in [1.29, 1.82) is 0 Å². The molecule has 0 unspecified atom stereocenters. The van der Waals surface area contributed by atoms with Gasteiger partial charge in [-0.15, -0.1) is 0 Å². The minimum atomic E-state index is -0.787. The summed E-state index contributed by atoms with van der Waals surface area (Å²) in [5, 5.41) is 17.0. The second-order valence-corrected chi connectivity index (χ2v) is 11.5. The van der Waals surface area contributed by atoms with Gasteiger partial charge in [0.05, 0.1) is 11.2 Å². The lowest BCUT2D eigenvalue weighted by Gasteiger charge is -2.34. The van der Waals surface area contributed by atoms with Crippen LogP contribution in [0.1, 0.15) is 59.9 Å². The highest BCUT2D eigenvalue weighted by Gasteiger charge is 2.22. The Kier molecular flexibility index (Phi) is 8.75. The number of aryl methyl sites for hydroxylation is 4. The smallest absolute Gasteiger partial charge is 0.303 e. The van der Waals surface area contributed by atoms with Gasteiger partial charge in [-0.1, -0.05) is 18.2 Å². The molecular formula is C31H41N5O3. The second kappa shape index (κ2) is 12.0. The topological polar surface area (TPSA) is 90.7 Å². The number of carbonyl (C=O) groups is 2. The molecule has 1 aliphatic rings. The van der Waals surface area contributed by atoms with E-state index in [1.807, 2.05) is 41.1 Å². The van der Waals surface area contributed by atoms with Gasteiger partial charge in [-0.25, -0.2) is 4.68 Å². The monoisotopic (exact) mass is 531 g/mol. The fourth-order valence-corrected chi connectivity index (χ4v) is 4.89. The molecule has 0 radical (unpaired) electrons. The number of carboxylic acids is 1. The summed E-state index contributed by atoms with van der Waals surface area (Å²) in [6, 6.07) is 16.0. The molecule has 1 saturated heterocycles. The van der Waals surface area contributed by atoms with Crippen LogP contribution in [0.2, 0.25) is 0 Å². The first-order valence-electron chi connectivity index (χ1n) is 13.7. The number of hydrogen-bond donors (Lipinski definition) is 2. The van der Waals surface area contributed by atoms with Crippen LogP contribution in [0.4, 0.5) is 11.5 Å². The molecule has 1 fully saturated rings. The average Bonchev–Trinajstić information content (AvgIpc) is 3.31. The van der Waals surface area contributed by atoms with E-state index in [2.05, 4.69) is 62.0 Å². The van der Waals surface area contributed by atoms with Crippen molar-refractivity contribution >= 4 is 23.4 Å². The number of benzene rings is 2. The maximum atomic E-state index is 13.2. The van der Waals surface area contributed by atoms with Crippen molar-refractivity contribution in [1.82, 2.24) is 14.7 Å². The van der Waals surface area contributed by atoms with Crippen LogP contribution in [0.15, 0.2) is 48.5 Å². The Morgan fingerprint density at radius 2 is 1.64 bits per heavy atom. The number of nitrogens with one attached hydrogen (secondary N) is 1. The molecule has 0 bridgehead atoms. The van der Waals surface area contributed by atoms with Gasteiger partial charge in [-0.3, -0.25) is 9.59 Å². The second-order valence-electron chi connectivity index (χ2n) is 11.5. The summed E-state index contributed by atoms with van der Waals surface area (Å²) in [5.74, 6) is -0.262. The quantitative estimate of drug-likeness (QED) is 0.414. The van der Waals surface area contributed by atoms with Gasteiger partial charge in [-0.2, -0.15) is 5.10 Å². The molecule has 2 aromatic carbocycles. The molecule has 2 heterocycles. The molecular weight excluding hydrogens is 490 g/mol. The number of nitrogens with zero attached hydrogens (tertiary/aromatic N) is 4. The summed E-state index contributed by atoms with van der Waals surface area (Å²) in [4.78, 5) is 28.8. The van der Waals surface area contributed by atoms with Crippen molar-refractivity contribution < 1.29 is 14.7 Å². The van der Waals surface area contributed by atoms with Gasteiger partial charge >= 0.3 is 5.97 Å². The average molecular weight is 532 g/mol. The van der Waals surface area contributed by atoms with Crippen LogP contribution in [-0.2, 0) is 29.6 Å². The Balaban J connectivity index is 1.45. The van der Waals surface area contributed by atoms with Gasteiger partial charge in [0.1, 0.15) is 5.82 Å². The zero-order chi connectivity index (χ0) is 28.2. The standard InChI is InChI=1S/C31H41N5O3/c1-22-6-7-23(8-15-29(37)38)20-25(22)9-12-26-21-28(36(33-26)31(2,3)4)32-30(39)24-10-13-27(14-11-24)35-18-16-34(5)17-19-35/h6-7,10-11,13-14,20-21H,8-9,12,15-19H2,1-5H3,(H,32,39)(H,37,38). The number of rotatable bonds is 9. The summed E-state index contributed by atoms with van der Waals surface area (Å²) in [7, 11) is 2.14. The van der Waals surface area contributed by atoms with E-state index in [1.54, 1.807) is 0 Å². The zero-order valence-corrected chi connectivity index (χ0v) is 23.8. The lowest BCUT2D eigenvalue weighted by molar-refractivity contribution is -0.136. The summed E-state index contributed by atoms with van der Waals surface area (Å²) < 4.78 is 1.88. The lowest BCUT2D eigenvalue weighted by atomic mass is 9.98. The normalized spacial score (nSPS) is 14.4. The number of carbonyl (C=O) groups excluding carboxylic acids is 1. The van der Waals surface area contributed by atoms with Gasteiger partial charge in [0, 0.05) is 49.9 Å². The van der Waals surface area contributed by atoms with Crippen molar-refractivity contribution in [3.8, 4) is 0 Å². The van der Waals surface area contributed by atoms with Gasteiger partial charge < -0.3 is 20.2 Å². The molecule has 0 spiro atoms. The van der Waals surface area contributed by atoms with Crippen molar-refractivity contribution in [3.05, 3.63) is 76.5 Å². The van der Waals surface area contributed by atoms with Crippen molar-refractivity contribution in [2.75, 3.05) is 43.4 Å². The highest BCUT2D eigenvalue weighted by atomic mass is 16.4. The van der Waals surface area contributed by atoms with E-state index in [1.165, 1.54) is 11.1 Å². The first kappa shape index (κ1) is 28.4. The van der Waals surface area contributed by atoms with Crippen LogP contribution < -0.4 is 10.2 Å². The maximum Gasteiger partial charge on any atom is 0.303 e. The zero-order valence-electron chi connectivity index (χ0n) is 23.8. The Bertz CT molecular complexity index is 1300. The molecule has 1 aromatic heterocycles. The number of carboxylic acid groups (broad SMARTS) is 1. The van der Waals surface area contributed by atoms with Crippen LogP contribution in [0.5, 0.6) is 0 Å². The van der Waals surface area contributed by atoms with Gasteiger partial charge in [-0.05, 0) is 95.0 Å². The Morgan fingerprint density at radius 3 is 2.28 bits per heavy atom. The number of likely N-dealkylation sites (N-methyl/N-ethyl adjacent to an activating group) is 1. The van der Waals surface area contributed by atoms with Crippen LogP contribution in [0, 0.1) is 6.92 Å². The van der Waals surface area contributed by atoms with Crippen LogP contribution >= 0.6 is 0 Å². The fourth-order valence-electron chi connectivity index (χ4n) is 4.89. The van der Waals surface area contributed by atoms with Crippen LogP contribution in [-0.4, -0.2) is 64.9 Å². The van der Waals surface area contributed by atoms with E-state index >= 15 is 0 Å². The van der Waals surface area contributed by atoms with Crippen molar-refractivity contribution in [3.63, 3.8) is 0 Å². The van der Waals surface area contributed by atoms with Gasteiger partial charge in [0.2, 0.25) is 0 Å². The molecule has 1 amide bonds. The minimum Gasteiger partial charge on any atom is -0.481 e. The minimum absolute atomic E-state index is 0.125. The predicted octanol–water partition coefficient (Wildman–Crippen LogP) is 4.75. The maximum absolute atomic E-state index is 13.2. The highest BCUT2D eigenvalue weighted by Crippen LogP contribution is 2.24. The number of anilines is 2. The molecule has 3 aromatic rings. The Hall–Kier alpha value is -3.65. The van der Waals surface area contributed by atoms with Crippen molar-refractivity contribution in [2.45, 2.75) is 58.9 Å². The van der Waals surface area contributed by atoms with E-state index in [4.69, 9.17) is 10.2 Å². The molecule has 1 aliphatic heterocycles. The molecule has 4 rings (SSSR count). The predicted molar refractivity (Wildman–Crippen MR) is 156 cm³/mol. The third kappa shape index (κ3) is 7.47. The third-order valence-electron chi connectivity index (χ3n) is 7.33. The van der Waals surface area contributed by atoms with E-state index in [9.17, 15) is 9.59 Å². The highest BCUT2D eigenvalue weighted by molar-refractivity contribution is 6.04. The largest absolute Gasteiger partial charge is 0.481 e. The molecule has 8 nitrogen and oxygen atoms in total. The van der Waals surface area contributed by atoms with E-state index in [-0.39, 0.29) is 17.9 Å².